The number of carbonyl (C=O) groups is 1. The first kappa shape index (κ1) is 24.7. The van der Waals surface area contributed by atoms with E-state index in [2.05, 4.69) is 10.3 Å². The number of anilines is 1. The van der Waals surface area contributed by atoms with Gasteiger partial charge in [0.2, 0.25) is 5.69 Å². The second kappa shape index (κ2) is 10.1. The van der Waals surface area contributed by atoms with Crippen molar-refractivity contribution in [3.63, 3.8) is 0 Å². The van der Waals surface area contributed by atoms with Gasteiger partial charge in [0.1, 0.15) is 5.75 Å². The Morgan fingerprint density at radius 2 is 1.94 bits per heavy atom. The third-order valence-electron chi connectivity index (χ3n) is 6.82. The fraction of sp³-hybridized carbons (Fsp3) is 0.407. The molecule has 186 valence electrons. The van der Waals surface area contributed by atoms with E-state index < -0.39 is 11.8 Å². The largest absolute Gasteiger partial charge is 0.710 e. The molecule has 35 heavy (non-hydrogen) atoms. The highest BCUT2D eigenvalue weighted by Crippen LogP contribution is 2.39. The Morgan fingerprint density at radius 3 is 2.63 bits per heavy atom. The van der Waals surface area contributed by atoms with Crippen LogP contribution >= 0.6 is 0 Å². The topological polar surface area (TPSA) is 81.1 Å². The van der Waals surface area contributed by atoms with Crippen LogP contribution < -0.4 is 14.8 Å². The van der Waals surface area contributed by atoms with E-state index in [1.165, 1.54) is 37.6 Å². The Balaban J connectivity index is 1.64. The minimum atomic E-state index is -3.00. The molecule has 0 atom stereocenters. The molecule has 0 bridgehead atoms. The first-order valence-corrected chi connectivity index (χ1v) is 12.0. The van der Waals surface area contributed by atoms with Crippen molar-refractivity contribution in [1.29, 1.82) is 0 Å². The van der Waals surface area contributed by atoms with Gasteiger partial charge in [-0.25, -0.2) is 18.5 Å². The molecule has 1 saturated carbocycles. The predicted octanol–water partition coefficient (Wildman–Crippen LogP) is 6.43. The van der Waals surface area contributed by atoms with Gasteiger partial charge in [-0.15, -0.1) is 0 Å². The number of imidazole rings is 1. The number of aromatic nitrogens is 2. The number of alkyl halides is 2. The predicted molar refractivity (Wildman–Crippen MR) is 131 cm³/mol. The summed E-state index contributed by atoms with van der Waals surface area (Å²) in [6.45, 7) is 3.04. The number of ether oxygens (including phenoxy) is 1. The maximum absolute atomic E-state index is 14.1. The second-order valence-corrected chi connectivity index (χ2v) is 9.13. The smallest absolute Gasteiger partial charge is 0.300 e. The summed E-state index contributed by atoms with van der Waals surface area (Å²) >= 11 is 0. The molecule has 1 aliphatic carbocycles. The van der Waals surface area contributed by atoms with Crippen LogP contribution in [-0.2, 0) is 5.92 Å². The third-order valence-corrected chi connectivity index (χ3v) is 6.82. The molecular formula is C27H31F2N3O3. The molecule has 0 unspecified atom stereocenters. The molecule has 0 spiro atoms. The number of carbonyl (C=O) groups excluding carboxylic acids is 1. The summed E-state index contributed by atoms with van der Waals surface area (Å²) in [7, 11) is 1.64. The number of methoxy groups -OCH3 is 1. The number of hydrogen-bond acceptors (Lipinski definition) is 3. The normalized spacial score (nSPS) is 14.7. The monoisotopic (exact) mass is 483 g/mol. The second-order valence-electron chi connectivity index (χ2n) is 9.13. The quantitative estimate of drug-likeness (QED) is 0.300. The Labute approximate surface area is 203 Å². The van der Waals surface area contributed by atoms with Crippen LogP contribution in [0.15, 0.2) is 42.5 Å². The van der Waals surface area contributed by atoms with Gasteiger partial charge < -0.3 is 15.3 Å². The van der Waals surface area contributed by atoms with Crippen LogP contribution in [0.1, 0.15) is 78.7 Å². The summed E-state index contributed by atoms with van der Waals surface area (Å²) in [5, 5.41) is 15.8. The van der Waals surface area contributed by atoms with E-state index in [0.29, 0.717) is 21.9 Å². The fourth-order valence-corrected chi connectivity index (χ4v) is 4.84. The van der Waals surface area contributed by atoms with Gasteiger partial charge in [0.05, 0.1) is 12.7 Å². The maximum atomic E-state index is 14.1. The van der Waals surface area contributed by atoms with E-state index >= 15 is 0 Å². The van der Waals surface area contributed by atoms with Crippen LogP contribution in [0.2, 0.25) is 0 Å². The highest BCUT2D eigenvalue weighted by molar-refractivity contribution is 6.02. The highest BCUT2D eigenvalue weighted by atomic mass is 19.3. The van der Waals surface area contributed by atoms with E-state index in [0.717, 1.165) is 37.0 Å². The number of H-pyrrole nitrogens is 1. The molecule has 1 fully saturated rings. The molecule has 6 nitrogen and oxygen atoms in total. The summed E-state index contributed by atoms with van der Waals surface area (Å²) in [4.78, 5) is 16.0. The van der Waals surface area contributed by atoms with E-state index in [1.54, 1.807) is 20.1 Å². The highest BCUT2D eigenvalue weighted by Gasteiger charge is 2.30. The summed E-state index contributed by atoms with van der Waals surface area (Å²) in [5.74, 6) is -2.26. The zero-order chi connectivity index (χ0) is 25.2. The molecule has 0 saturated heterocycles. The van der Waals surface area contributed by atoms with Crippen molar-refractivity contribution in [2.75, 3.05) is 12.4 Å². The first-order chi connectivity index (χ1) is 16.7. The fourth-order valence-electron chi connectivity index (χ4n) is 4.84. The lowest BCUT2D eigenvalue weighted by atomic mass is 9.83. The van der Waals surface area contributed by atoms with Crippen LogP contribution in [0, 0.1) is 12.1 Å². The van der Waals surface area contributed by atoms with Gasteiger partial charge in [0.25, 0.3) is 17.7 Å². The Kier molecular flexibility index (Phi) is 7.10. The van der Waals surface area contributed by atoms with Crippen LogP contribution in [0.4, 0.5) is 14.5 Å². The number of aryl methyl sites for hydroxylation is 1. The van der Waals surface area contributed by atoms with Crippen LogP contribution in [0.5, 0.6) is 5.75 Å². The van der Waals surface area contributed by atoms with Gasteiger partial charge >= 0.3 is 0 Å². The lowest BCUT2D eigenvalue weighted by Gasteiger charge is -2.24. The summed E-state index contributed by atoms with van der Waals surface area (Å²) in [6, 6.07) is 11.1. The molecule has 4 rings (SSSR count). The van der Waals surface area contributed by atoms with Crippen molar-refractivity contribution in [2.24, 2.45) is 0 Å². The maximum Gasteiger partial charge on any atom is 0.300 e. The van der Waals surface area contributed by atoms with Crippen molar-refractivity contribution >= 4 is 11.6 Å². The molecule has 1 amide bonds. The van der Waals surface area contributed by atoms with E-state index in [-0.39, 0.29) is 29.2 Å². The van der Waals surface area contributed by atoms with Crippen molar-refractivity contribution in [2.45, 2.75) is 64.2 Å². The summed E-state index contributed by atoms with van der Waals surface area (Å²) in [5.41, 5.74) is 2.02. The number of aromatic amines is 1. The van der Waals surface area contributed by atoms with Gasteiger partial charge in [-0.3, -0.25) is 4.79 Å². The molecular weight excluding hydrogens is 452 g/mol. The van der Waals surface area contributed by atoms with Gasteiger partial charge in [-0.1, -0.05) is 38.3 Å². The molecule has 3 aromatic rings. The Bertz CT molecular complexity index is 1220. The number of benzene rings is 2. The number of nitrogens with one attached hydrogen (secondary N) is 2. The Morgan fingerprint density at radius 1 is 1.20 bits per heavy atom. The van der Waals surface area contributed by atoms with Crippen molar-refractivity contribution in [3.8, 4) is 17.1 Å². The average molecular weight is 484 g/mol. The van der Waals surface area contributed by atoms with E-state index in [9.17, 15) is 18.8 Å². The minimum Gasteiger partial charge on any atom is -0.710 e. The lowest BCUT2D eigenvalue weighted by molar-refractivity contribution is -0.594. The van der Waals surface area contributed by atoms with Crippen molar-refractivity contribution in [1.82, 2.24) is 4.98 Å². The first-order valence-electron chi connectivity index (χ1n) is 12.0. The van der Waals surface area contributed by atoms with E-state index in [4.69, 9.17) is 4.74 Å². The summed E-state index contributed by atoms with van der Waals surface area (Å²) < 4.78 is 34.3. The summed E-state index contributed by atoms with van der Waals surface area (Å²) in [6.07, 6.45) is 5.35. The molecule has 2 N–H and O–H groups in total. The average Bonchev–Trinajstić information content (AvgIpc) is 3.18. The molecule has 1 heterocycles. The molecule has 1 aliphatic rings. The van der Waals surface area contributed by atoms with Gasteiger partial charge in [-0.2, -0.15) is 0 Å². The lowest BCUT2D eigenvalue weighted by Crippen LogP contribution is -2.36. The SMILES string of the molecule is CCC(F)(F)c1cccc(NC(=O)c2c(C)[nH]c(-c3ccc(OC)c(C4CCCCC4)c3)[n+]2[O-])c1. The number of rotatable bonds is 7. The number of halogens is 2. The molecule has 0 radical (unpaired) electrons. The van der Waals surface area contributed by atoms with Crippen molar-refractivity contribution < 1.29 is 23.0 Å². The Hall–Kier alpha value is -3.42. The number of nitrogens with zero attached hydrogens (tertiary/aromatic N) is 1. The zero-order valence-electron chi connectivity index (χ0n) is 20.3. The standard InChI is InChI=1S/C27H31F2N3O3/c1-4-27(28,29)20-11-8-12-21(16-20)31-26(33)24-17(2)30-25(32(24)34)19-13-14-23(35-3)22(15-19)18-9-6-5-7-10-18/h8,11-16,18,30H,4-7,9-10H2,1-3H3,(H,31,33). The van der Waals surface area contributed by atoms with Crippen molar-refractivity contribution in [3.05, 3.63) is 70.2 Å². The molecule has 0 aliphatic heterocycles. The van der Waals surface area contributed by atoms with Gasteiger partial charge in [0, 0.05) is 24.6 Å². The van der Waals surface area contributed by atoms with Gasteiger partial charge in [0.15, 0.2) is 5.69 Å². The third kappa shape index (κ3) is 5.01. The minimum absolute atomic E-state index is 0.109. The van der Waals surface area contributed by atoms with E-state index in [1.807, 2.05) is 12.1 Å². The molecule has 1 aromatic heterocycles. The molecule has 8 heteroatoms. The molecule has 2 aromatic carbocycles. The van der Waals surface area contributed by atoms with Crippen LogP contribution in [0.3, 0.4) is 0 Å². The van der Waals surface area contributed by atoms with Gasteiger partial charge in [-0.05, 0) is 54.7 Å². The van der Waals surface area contributed by atoms with Crippen LogP contribution in [-0.4, -0.2) is 18.0 Å². The zero-order valence-corrected chi connectivity index (χ0v) is 20.3. The number of hydrogen-bond donors (Lipinski definition) is 2. The number of amides is 1. The van der Waals surface area contributed by atoms with Crippen LogP contribution in [0.25, 0.3) is 11.4 Å².